The van der Waals surface area contributed by atoms with Gasteiger partial charge in [0.25, 0.3) is 0 Å². The molecule has 0 aliphatic heterocycles. The summed E-state index contributed by atoms with van der Waals surface area (Å²) in [5.41, 5.74) is 8.54. The molecule has 2 aromatic rings. The van der Waals surface area contributed by atoms with E-state index in [0.29, 0.717) is 6.54 Å². The average Bonchev–Trinajstić information content (AvgIpc) is 2.78. The number of hydrogen-bond donors (Lipinski definition) is 2. The fourth-order valence-electron chi connectivity index (χ4n) is 1.57. The van der Waals surface area contributed by atoms with E-state index in [1.54, 1.807) is 0 Å². The van der Waals surface area contributed by atoms with Crippen LogP contribution in [0.4, 0.5) is 0 Å². The molecule has 1 aromatic carbocycles. The molecule has 0 fully saturated rings. The molecule has 0 saturated carbocycles. The van der Waals surface area contributed by atoms with Crippen LogP contribution in [0.1, 0.15) is 5.56 Å². The predicted molar refractivity (Wildman–Crippen MR) is 62.6 cm³/mol. The maximum Gasteiger partial charge on any atom is 0.0681 e. The minimum atomic E-state index is 0.0761. The molecule has 0 radical (unpaired) electrons. The summed E-state index contributed by atoms with van der Waals surface area (Å²) in [6, 6.07) is 7.79. The lowest BCUT2D eigenvalue weighted by Crippen LogP contribution is -2.09. The molecule has 1 aromatic heterocycles. The first kappa shape index (κ1) is 10.9. The highest BCUT2D eigenvalue weighted by Gasteiger charge is 2.01. The summed E-state index contributed by atoms with van der Waals surface area (Å²) in [6.07, 6.45) is 3.80. The van der Waals surface area contributed by atoms with Gasteiger partial charge in [-0.05, 0) is 11.1 Å². The van der Waals surface area contributed by atoms with E-state index < -0.39 is 0 Å². The SMILES string of the molecule is NCCn1cc(-c2ccc(CO)cc2)cn1. The van der Waals surface area contributed by atoms with Gasteiger partial charge < -0.3 is 10.8 Å². The first-order valence-corrected chi connectivity index (χ1v) is 5.26. The molecule has 0 bridgehead atoms. The topological polar surface area (TPSA) is 64.1 Å². The second-order valence-electron chi connectivity index (χ2n) is 3.64. The normalized spacial score (nSPS) is 10.6. The Morgan fingerprint density at radius 3 is 2.56 bits per heavy atom. The van der Waals surface area contributed by atoms with Gasteiger partial charge in [-0.25, -0.2) is 0 Å². The van der Waals surface area contributed by atoms with Crippen LogP contribution in [0.2, 0.25) is 0 Å². The van der Waals surface area contributed by atoms with E-state index in [4.69, 9.17) is 10.8 Å². The first-order valence-electron chi connectivity index (χ1n) is 5.26. The van der Waals surface area contributed by atoms with E-state index in [0.717, 1.165) is 23.2 Å². The molecular weight excluding hydrogens is 202 g/mol. The molecule has 0 unspecified atom stereocenters. The van der Waals surface area contributed by atoms with Gasteiger partial charge in [-0.3, -0.25) is 4.68 Å². The minimum absolute atomic E-state index is 0.0761. The van der Waals surface area contributed by atoms with Gasteiger partial charge in [0.15, 0.2) is 0 Å². The maximum absolute atomic E-state index is 8.94. The Labute approximate surface area is 94.3 Å². The highest BCUT2D eigenvalue weighted by atomic mass is 16.3. The van der Waals surface area contributed by atoms with E-state index >= 15 is 0 Å². The summed E-state index contributed by atoms with van der Waals surface area (Å²) in [5.74, 6) is 0. The number of aliphatic hydroxyl groups is 1. The van der Waals surface area contributed by atoms with Gasteiger partial charge >= 0.3 is 0 Å². The van der Waals surface area contributed by atoms with Crippen LogP contribution in [-0.2, 0) is 13.2 Å². The van der Waals surface area contributed by atoms with Crippen LogP contribution in [0.5, 0.6) is 0 Å². The lowest BCUT2D eigenvalue weighted by molar-refractivity contribution is 0.282. The summed E-state index contributed by atoms with van der Waals surface area (Å²) in [7, 11) is 0. The van der Waals surface area contributed by atoms with Crippen molar-refractivity contribution < 1.29 is 5.11 Å². The quantitative estimate of drug-likeness (QED) is 0.803. The number of aromatic nitrogens is 2. The predicted octanol–water partition coefficient (Wildman–Crippen LogP) is 1.00. The summed E-state index contributed by atoms with van der Waals surface area (Å²) < 4.78 is 1.83. The maximum atomic E-state index is 8.94. The highest BCUT2D eigenvalue weighted by Crippen LogP contribution is 2.18. The number of benzene rings is 1. The molecule has 3 N–H and O–H groups in total. The number of nitrogens with two attached hydrogens (primary N) is 1. The van der Waals surface area contributed by atoms with E-state index in [1.165, 1.54) is 0 Å². The summed E-state index contributed by atoms with van der Waals surface area (Å²) >= 11 is 0. The van der Waals surface area contributed by atoms with Crippen molar-refractivity contribution in [3.8, 4) is 11.1 Å². The molecule has 4 heteroatoms. The van der Waals surface area contributed by atoms with Crippen LogP contribution in [0, 0.1) is 0 Å². The Bertz CT molecular complexity index is 448. The van der Waals surface area contributed by atoms with Gasteiger partial charge in [0.1, 0.15) is 0 Å². The third kappa shape index (κ3) is 2.29. The molecule has 0 aliphatic rings. The van der Waals surface area contributed by atoms with Crippen LogP contribution in [0.3, 0.4) is 0 Å². The van der Waals surface area contributed by atoms with Crippen molar-refractivity contribution in [1.29, 1.82) is 0 Å². The van der Waals surface area contributed by atoms with Crippen molar-refractivity contribution in [3.63, 3.8) is 0 Å². The monoisotopic (exact) mass is 217 g/mol. The Balaban J connectivity index is 2.21. The second kappa shape index (κ2) is 4.92. The standard InChI is InChI=1S/C12H15N3O/c13-5-6-15-8-12(7-14-15)11-3-1-10(9-16)2-4-11/h1-4,7-8,16H,5-6,9,13H2. The largest absolute Gasteiger partial charge is 0.392 e. The van der Waals surface area contributed by atoms with Crippen LogP contribution >= 0.6 is 0 Å². The van der Waals surface area contributed by atoms with Gasteiger partial charge in [-0.2, -0.15) is 5.10 Å². The van der Waals surface area contributed by atoms with Crippen LogP contribution in [-0.4, -0.2) is 21.4 Å². The van der Waals surface area contributed by atoms with Crippen LogP contribution in [0.25, 0.3) is 11.1 Å². The van der Waals surface area contributed by atoms with E-state index in [-0.39, 0.29) is 6.61 Å². The molecule has 1 heterocycles. The Morgan fingerprint density at radius 1 is 1.19 bits per heavy atom. The molecule has 0 aliphatic carbocycles. The fourth-order valence-corrected chi connectivity index (χ4v) is 1.57. The lowest BCUT2D eigenvalue weighted by atomic mass is 10.1. The van der Waals surface area contributed by atoms with E-state index in [9.17, 15) is 0 Å². The van der Waals surface area contributed by atoms with Gasteiger partial charge in [-0.1, -0.05) is 24.3 Å². The molecular formula is C12H15N3O. The summed E-state index contributed by atoms with van der Waals surface area (Å²) in [4.78, 5) is 0. The van der Waals surface area contributed by atoms with Crippen molar-refractivity contribution >= 4 is 0 Å². The molecule has 0 atom stereocenters. The number of hydrogen-bond acceptors (Lipinski definition) is 3. The summed E-state index contributed by atoms with van der Waals surface area (Å²) in [5, 5.41) is 13.2. The molecule has 0 amide bonds. The Hall–Kier alpha value is -1.65. The average molecular weight is 217 g/mol. The number of aliphatic hydroxyl groups excluding tert-OH is 1. The third-order valence-corrected chi connectivity index (χ3v) is 2.46. The number of nitrogens with zero attached hydrogens (tertiary/aromatic N) is 2. The van der Waals surface area contributed by atoms with Gasteiger partial charge in [0.05, 0.1) is 19.3 Å². The zero-order valence-corrected chi connectivity index (χ0v) is 9.00. The molecule has 84 valence electrons. The van der Waals surface area contributed by atoms with E-state index in [2.05, 4.69) is 5.10 Å². The smallest absolute Gasteiger partial charge is 0.0681 e. The van der Waals surface area contributed by atoms with Crippen molar-refractivity contribution in [2.24, 2.45) is 5.73 Å². The molecule has 2 rings (SSSR count). The molecule has 0 saturated heterocycles. The van der Waals surface area contributed by atoms with Gasteiger partial charge in [-0.15, -0.1) is 0 Å². The fraction of sp³-hybridized carbons (Fsp3) is 0.250. The molecule has 0 spiro atoms. The van der Waals surface area contributed by atoms with Crippen molar-refractivity contribution in [3.05, 3.63) is 42.2 Å². The Kier molecular flexibility index (Phi) is 3.34. The summed E-state index contributed by atoms with van der Waals surface area (Å²) in [6.45, 7) is 1.39. The van der Waals surface area contributed by atoms with E-state index in [1.807, 2.05) is 41.3 Å². The molecule has 4 nitrogen and oxygen atoms in total. The number of rotatable bonds is 4. The second-order valence-corrected chi connectivity index (χ2v) is 3.64. The zero-order chi connectivity index (χ0) is 11.4. The Morgan fingerprint density at radius 2 is 1.94 bits per heavy atom. The lowest BCUT2D eigenvalue weighted by Gasteiger charge is -1.99. The van der Waals surface area contributed by atoms with Crippen molar-refractivity contribution in [1.82, 2.24) is 9.78 Å². The zero-order valence-electron chi connectivity index (χ0n) is 9.00. The van der Waals surface area contributed by atoms with Crippen molar-refractivity contribution in [2.75, 3.05) is 6.54 Å². The van der Waals surface area contributed by atoms with Crippen LogP contribution in [0.15, 0.2) is 36.7 Å². The van der Waals surface area contributed by atoms with Gasteiger partial charge in [0.2, 0.25) is 0 Å². The van der Waals surface area contributed by atoms with Crippen LogP contribution < -0.4 is 5.73 Å². The first-order chi connectivity index (χ1) is 7.83. The third-order valence-electron chi connectivity index (χ3n) is 2.46. The minimum Gasteiger partial charge on any atom is -0.392 e. The van der Waals surface area contributed by atoms with Crippen molar-refractivity contribution in [2.45, 2.75) is 13.2 Å². The molecule has 16 heavy (non-hydrogen) atoms. The van der Waals surface area contributed by atoms with Gasteiger partial charge in [0, 0.05) is 18.3 Å². The highest BCUT2D eigenvalue weighted by molar-refractivity contribution is 5.61.